The van der Waals surface area contributed by atoms with Crippen molar-refractivity contribution < 1.29 is 9.53 Å². The largest absolute Gasteiger partial charge is 0.449 e. The van der Waals surface area contributed by atoms with Gasteiger partial charge in [-0.2, -0.15) is 0 Å². The molecule has 0 aromatic carbocycles. The topological polar surface area (TPSA) is 29.5 Å². The molecule has 0 aromatic heterocycles. The summed E-state index contributed by atoms with van der Waals surface area (Å²) < 4.78 is 5.28. The quantitative estimate of drug-likeness (QED) is 0.700. The van der Waals surface area contributed by atoms with Crippen LogP contribution < -0.4 is 0 Å². The van der Waals surface area contributed by atoms with Gasteiger partial charge in [0.05, 0.1) is 6.61 Å². The molecule has 0 radical (unpaired) electrons. The number of piperidine rings is 1. The molecule has 1 fully saturated rings. The Balaban J connectivity index is 2.04. The lowest BCUT2D eigenvalue weighted by molar-refractivity contribution is 0.0930. The normalized spacial score (nSPS) is 17.0. The number of carbonyl (C=O) groups excluding carboxylic acids is 1. The predicted molar refractivity (Wildman–Crippen MR) is 70.1 cm³/mol. The monoisotopic (exact) mass is 241 g/mol. The second-order valence-electron chi connectivity index (χ2n) is 6.18. The summed E-state index contributed by atoms with van der Waals surface area (Å²) in [5.41, 5.74) is 0.386. The summed E-state index contributed by atoms with van der Waals surface area (Å²) in [7, 11) is 0. The molecule has 0 aliphatic carbocycles. The smallest absolute Gasteiger partial charge is 0.409 e. The molecular weight excluding hydrogens is 214 g/mol. The zero-order valence-corrected chi connectivity index (χ0v) is 11.6. The van der Waals surface area contributed by atoms with E-state index in [0.29, 0.717) is 12.0 Å². The SMILES string of the molecule is CC(C)(C)CCCCOC(=O)N1CCCCC1. The van der Waals surface area contributed by atoms with E-state index in [1.54, 1.807) is 0 Å². The van der Waals surface area contributed by atoms with Crippen molar-refractivity contribution in [3.8, 4) is 0 Å². The third-order valence-electron chi connectivity index (χ3n) is 3.16. The van der Waals surface area contributed by atoms with Gasteiger partial charge >= 0.3 is 6.09 Å². The van der Waals surface area contributed by atoms with E-state index in [4.69, 9.17) is 4.74 Å². The first-order valence-corrected chi connectivity index (χ1v) is 6.91. The van der Waals surface area contributed by atoms with Gasteiger partial charge in [0.2, 0.25) is 0 Å². The Hall–Kier alpha value is -0.730. The average molecular weight is 241 g/mol. The van der Waals surface area contributed by atoms with Gasteiger partial charge in [-0.15, -0.1) is 0 Å². The van der Waals surface area contributed by atoms with Crippen molar-refractivity contribution in [2.75, 3.05) is 19.7 Å². The van der Waals surface area contributed by atoms with Crippen LogP contribution in [0.4, 0.5) is 4.79 Å². The number of nitrogens with zero attached hydrogens (tertiary/aromatic N) is 1. The van der Waals surface area contributed by atoms with Gasteiger partial charge in [-0.1, -0.05) is 20.8 Å². The van der Waals surface area contributed by atoms with Crippen LogP contribution in [0, 0.1) is 5.41 Å². The fraction of sp³-hybridized carbons (Fsp3) is 0.929. The summed E-state index contributed by atoms with van der Waals surface area (Å²) in [6.45, 7) is 9.05. The summed E-state index contributed by atoms with van der Waals surface area (Å²) in [5.74, 6) is 0. The van der Waals surface area contributed by atoms with E-state index in [2.05, 4.69) is 20.8 Å². The number of hydrogen-bond acceptors (Lipinski definition) is 2. The van der Waals surface area contributed by atoms with E-state index in [1.807, 2.05) is 4.90 Å². The molecule has 1 saturated heterocycles. The third-order valence-corrected chi connectivity index (χ3v) is 3.16. The molecule has 1 aliphatic heterocycles. The summed E-state index contributed by atoms with van der Waals surface area (Å²) in [6.07, 6.45) is 6.69. The number of unbranched alkanes of at least 4 members (excludes halogenated alkanes) is 1. The number of carbonyl (C=O) groups is 1. The van der Waals surface area contributed by atoms with Crippen molar-refractivity contribution in [2.45, 2.75) is 59.3 Å². The standard InChI is InChI=1S/C14H27NO2/c1-14(2,3)9-5-8-12-17-13(16)15-10-6-4-7-11-15/h4-12H2,1-3H3. The second-order valence-corrected chi connectivity index (χ2v) is 6.18. The van der Waals surface area contributed by atoms with E-state index in [1.165, 1.54) is 12.8 Å². The molecule has 100 valence electrons. The zero-order valence-electron chi connectivity index (χ0n) is 11.6. The first-order chi connectivity index (χ1) is 7.99. The lowest BCUT2D eigenvalue weighted by Gasteiger charge is -2.25. The molecular formula is C14H27NO2. The Morgan fingerprint density at radius 1 is 1.12 bits per heavy atom. The maximum Gasteiger partial charge on any atom is 0.409 e. The maximum atomic E-state index is 11.7. The van der Waals surface area contributed by atoms with Gasteiger partial charge in [-0.25, -0.2) is 4.79 Å². The summed E-state index contributed by atoms with van der Waals surface area (Å²) >= 11 is 0. The fourth-order valence-corrected chi connectivity index (χ4v) is 2.08. The molecule has 0 saturated carbocycles. The van der Waals surface area contributed by atoms with Crippen molar-refractivity contribution in [1.29, 1.82) is 0 Å². The molecule has 0 spiro atoms. The number of ether oxygens (including phenoxy) is 1. The van der Waals surface area contributed by atoms with Crippen LogP contribution in [0.15, 0.2) is 0 Å². The minimum absolute atomic E-state index is 0.111. The number of hydrogen-bond donors (Lipinski definition) is 0. The number of amides is 1. The minimum Gasteiger partial charge on any atom is -0.449 e. The van der Waals surface area contributed by atoms with Crippen LogP contribution in [-0.2, 0) is 4.74 Å². The van der Waals surface area contributed by atoms with E-state index in [0.717, 1.165) is 38.8 Å². The molecule has 0 N–H and O–H groups in total. The van der Waals surface area contributed by atoms with Crippen molar-refractivity contribution in [3.63, 3.8) is 0 Å². The van der Waals surface area contributed by atoms with Gasteiger partial charge in [0.25, 0.3) is 0 Å². The Kier molecular flexibility index (Phi) is 5.79. The van der Waals surface area contributed by atoms with Crippen LogP contribution in [0.2, 0.25) is 0 Å². The van der Waals surface area contributed by atoms with Gasteiger partial charge in [0, 0.05) is 13.1 Å². The lowest BCUT2D eigenvalue weighted by atomic mass is 9.90. The van der Waals surface area contributed by atoms with E-state index in [9.17, 15) is 4.79 Å². The molecule has 3 heteroatoms. The molecule has 0 aromatic rings. The first-order valence-electron chi connectivity index (χ1n) is 6.91. The van der Waals surface area contributed by atoms with Gasteiger partial charge in [0.15, 0.2) is 0 Å². The Bertz CT molecular complexity index is 227. The fourth-order valence-electron chi connectivity index (χ4n) is 2.08. The van der Waals surface area contributed by atoms with Crippen molar-refractivity contribution >= 4 is 6.09 Å². The molecule has 1 amide bonds. The molecule has 0 atom stereocenters. The molecule has 17 heavy (non-hydrogen) atoms. The molecule has 0 unspecified atom stereocenters. The maximum absolute atomic E-state index is 11.7. The number of rotatable bonds is 4. The van der Waals surface area contributed by atoms with Crippen LogP contribution in [0.3, 0.4) is 0 Å². The van der Waals surface area contributed by atoms with Gasteiger partial charge in [0.1, 0.15) is 0 Å². The Labute approximate surface area is 106 Å². The molecule has 3 nitrogen and oxygen atoms in total. The molecule has 1 aliphatic rings. The van der Waals surface area contributed by atoms with Gasteiger partial charge in [-0.3, -0.25) is 0 Å². The van der Waals surface area contributed by atoms with Crippen LogP contribution in [0.25, 0.3) is 0 Å². The lowest BCUT2D eigenvalue weighted by Crippen LogP contribution is -2.36. The summed E-state index contributed by atoms with van der Waals surface area (Å²) in [6, 6.07) is 0. The molecule has 0 bridgehead atoms. The van der Waals surface area contributed by atoms with E-state index < -0.39 is 0 Å². The van der Waals surface area contributed by atoms with Gasteiger partial charge < -0.3 is 9.64 Å². The molecule has 1 heterocycles. The highest BCUT2D eigenvalue weighted by atomic mass is 16.6. The van der Waals surface area contributed by atoms with Crippen LogP contribution in [-0.4, -0.2) is 30.7 Å². The van der Waals surface area contributed by atoms with Crippen molar-refractivity contribution in [2.24, 2.45) is 5.41 Å². The number of likely N-dealkylation sites (tertiary alicyclic amines) is 1. The highest BCUT2D eigenvalue weighted by molar-refractivity contribution is 5.67. The second kappa shape index (κ2) is 6.87. The highest BCUT2D eigenvalue weighted by Gasteiger charge is 2.17. The minimum atomic E-state index is -0.111. The van der Waals surface area contributed by atoms with Crippen molar-refractivity contribution in [1.82, 2.24) is 4.90 Å². The first kappa shape index (κ1) is 14.3. The van der Waals surface area contributed by atoms with Crippen molar-refractivity contribution in [3.05, 3.63) is 0 Å². The van der Waals surface area contributed by atoms with Crippen LogP contribution >= 0.6 is 0 Å². The van der Waals surface area contributed by atoms with E-state index >= 15 is 0 Å². The molecule has 1 rings (SSSR count). The van der Waals surface area contributed by atoms with Crippen LogP contribution in [0.1, 0.15) is 59.3 Å². The highest BCUT2D eigenvalue weighted by Crippen LogP contribution is 2.21. The predicted octanol–water partition coefficient (Wildman–Crippen LogP) is 3.83. The summed E-state index contributed by atoms with van der Waals surface area (Å²) in [4.78, 5) is 13.5. The third kappa shape index (κ3) is 6.54. The van der Waals surface area contributed by atoms with Gasteiger partial charge in [-0.05, 0) is 43.9 Å². The average Bonchev–Trinajstić information content (AvgIpc) is 2.28. The Morgan fingerprint density at radius 2 is 1.76 bits per heavy atom. The van der Waals surface area contributed by atoms with E-state index in [-0.39, 0.29) is 6.09 Å². The zero-order chi connectivity index (χ0) is 12.7. The summed E-state index contributed by atoms with van der Waals surface area (Å²) in [5, 5.41) is 0. The van der Waals surface area contributed by atoms with Crippen LogP contribution in [0.5, 0.6) is 0 Å². The Morgan fingerprint density at radius 3 is 2.35 bits per heavy atom.